The molecule has 1 N–H and O–H groups in total. The number of nitrogens with one attached hydrogen (secondary N) is 1. The molecule has 136 valence electrons. The van der Waals surface area contributed by atoms with Gasteiger partial charge in [0.25, 0.3) is 0 Å². The molecule has 2 aromatic carbocycles. The lowest BCUT2D eigenvalue weighted by atomic mass is 9.95. The fourth-order valence-electron chi connectivity index (χ4n) is 2.95. The van der Waals surface area contributed by atoms with E-state index in [0.717, 1.165) is 29.0 Å². The molecule has 3 rings (SSSR count). The van der Waals surface area contributed by atoms with Crippen LogP contribution in [0.2, 0.25) is 0 Å². The van der Waals surface area contributed by atoms with Gasteiger partial charge < -0.3 is 14.8 Å². The number of carbonyl (C=O) groups is 1. The summed E-state index contributed by atoms with van der Waals surface area (Å²) in [7, 11) is 0. The van der Waals surface area contributed by atoms with Crippen LogP contribution >= 0.6 is 0 Å². The van der Waals surface area contributed by atoms with E-state index in [1.54, 1.807) is 6.08 Å². The van der Waals surface area contributed by atoms with Crippen molar-refractivity contribution in [1.29, 1.82) is 0 Å². The monoisotopic (exact) mass is 351 g/mol. The predicted octanol–water partition coefficient (Wildman–Crippen LogP) is 4.37. The van der Waals surface area contributed by atoms with Crippen LogP contribution in [0.25, 0.3) is 6.08 Å². The Balaban J connectivity index is 1.74. The second-order valence-corrected chi connectivity index (χ2v) is 6.73. The van der Waals surface area contributed by atoms with E-state index >= 15 is 0 Å². The quantitative estimate of drug-likeness (QED) is 0.814. The van der Waals surface area contributed by atoms with Crippen LogP contribution in [-0.4, -0.2) is 19.1 Å². The van der Waals surface area contributed by atoms with Gasteiger partial charge in [-0.15, -0.1) is 0 Å². The molecule has 0 fully saturated rings. The Bertz CT molecular complexity index is 768. The Morgan fingerprint density at radius 1 is 1.04 bits per heavy atom. The number of rotatable bonds is 5. The second kappa shape index (κ2) is 8.56. The van der Waals surface area contributed by atoms with Crippen molar-refractivity contribution in [2.75, 3.05) is 13.2 Å². The SMILES string of the molecule is CC(C)C(NC(=O)C=Cc1ccccc1)c1ccc2c(c1)OCCCO2. The van der Waals surface area contributed by atoms with Gasteiger partial charge >= 0.3 is 0 Å². The number of fused-ring (bicyclic) bond motifs is 1. The third kappa shape index (κ3) is 4.66. The van der Waals surface area contributed by atoms with Gasteiger partial charge in [-0.2, -0.15) is 0 Å². The van der Waals surface area contributed by atoms with Gasteiger partial charge in [-0.1, -0.05) is 50.2 Å². The number of ether oxygens (including phenoxy) is 2. The Labute approximate surface area is 154 Å². The van der Waals surface area contributed by atoms with Crippen LogP contribution in [0.5, 0.6) is 11.5 Å². The van der Waals surface area contributed by atoms with Gasteiger partial charge in [0.15, 0.2) is 11.5 Å². The molecule has 1 atom stereocenters. The molecular formula is C22H25NO3. The molecule has 4 nitrogen and oxygen atoms in total. The zero-order valence-corrected chi connectivity index (χ0v) is 15.3. The Morgan fingerprint density at radius 3 is 2.50 bits per heavy atom. The van der Waals surface area contributed by atoms with E-state index in [4.69, 9.17) is 9.47 Å². The minimum atomic E-state index is -0.111. The van der Waals surface area contributed by atoms with Crippen LogP contribution in [0.4, 0.5) is 0 Å². The van der Waals surface area contributed by atoms with Crippen molar-refractivity contribution in [1.82, 2.24) is 5.32 Å². The molecule has 1 aliphatic heterocycles. The molecule has 0 aromatic heterocycles. The lowest BCUT2D eigenvalue weighted by molar-refractivity contribution is -0.117. The van der Waals surface area contributed by atoms with Crippen molar-refractivity contribution in [2.45, 2.75) is 26.3 Å². The van der Waals surface area contributed by atoms with E-state index in [-0.39, 0.29) is 17.9 Å². The topological polar surface area (TPSA) is 47.6 Å². The zero-order valence-electron chi connectivity index (χ0n) is 15.3. The smallest absolute Gasteiger partial charge is 0.244 e. The summed E-state index contributed by atoms with van der Waals surface area (Å²) in [6, 6.07) is 15.6. The standard InChI is InChI=1S/C22H25NO3/c1-16(2)22(23-21(24)12-9-17-7-4-3-5-8-17)18-10-11-19-20(15-18)26-14-6-13-25-19/h3-5,7-12,15-16,22H,6,13-14H2,1-2H3,(H,23,24). The maximum absolute atomic E-state index is 12.4. The first-order valence-corrected chi connectivity index (χ1v) is 9.06. The first-order valence-electron chi connectivity index (χ1n) is 9.06. The zero-order chi connectivity index (χ0) is 18.4. The average Bonchev–Trinajstić information content (AvgIpc) is 2.90. The molecule has 0 saturated heterocycles. The van der Waals surface area contributed by atoms with Crippen LogP contribution < -0.4 is 14.8 Å². The summed E-state index contributed by atoms with van der Waals surface area (Å²) in [4.78, 5) is 12.4. The molecule has 0 radical (unpaired) electrons. The lowest BCUT2D eigenvalue weighted by Gasteiger charge is -2.23. The minimum absolute atomic E-state index is 0.0972. The van der Waals surface area contributed by atoms with Gasteiger partial charge in [-0.05, 0) is 35.3 Å². The van der Waals surface area contributed by atoms with Gasteiger partial charge in [-0.3, -0.25) is 4.79 Å². The fourth-order valence-corrected chi connectivity index (χ4v) is 2.95. The Kier molecular flexibility index (Phi) is 5.95. The van der Waals surface area contributed by atoms with Crippen molar-refractivity contribution in [3.8, 4) is 11.5 Å². The third-order valence-corrected chi connectivity index (χ3v) is 4.32. The van der Waals surface area contributed by atoms with Gasteiger partial charge in [0, 0.05) is 12.5 Å². The van der Waals surface area contributed by atoms with Gasteiger partial charge in [0.1, 0.15) is 0 Å². The van der Waals surface area contributed by atoms with E-state index in [9.17, 15) is 4.79 Å². The molecule has 1 heterocycles. The number of carbonyl (C=O) groups excluding carboxylic acids is 1. The number of hydrogen-bond acceptors (Lipinski definition) is 3. The Morgan fingerprint density at radius 2 is 1.77 bits per heavy atom. The second-order valence-electron chi connectivity index (χ2n) is 6.73. The van der Waals surface area contributed by atoms with Crippen molar-refractivity contribution in [3.63, 3.8) is 0 Å². The highest BCUT2D eigenvalue weighted by Gasteiger charge is 2.20. The molecule has 1 unspecified atom stereocenters. The van der Waals surface area contributed by atoms with E-state index in [2.05, 4.69) is 19.2 Å². The van der Waals surface area contributed by atoms with E-state index in [1.165, 1.54) is 0 Å². The maximum Gasteiger partial charge on any atom is 0.244 e. The van der Waals surface area contributed by atoms with E-state index in [1.807, 2.05) is 54.6 Å². The van der Waals surface area contributed by atoms with Crippen LogP contribution in [0.3, 0.4) is 0 Å². The molecule has 0 aliphatic carbocycles. The number of benzene rings is 2. The highest BCUT2D eigenvalue weighted by atomic mass is 16.5. The third-order valence-electron chi connectivity index (χ3n) is 4.32. The predicted molar refractivity (Wildman–Crippen MR) is 103 cm³/mol. The summed E-state index contributed by atoms with van der Waals surface area (Å²) in [6.07, 6.45) is 4.27. The van der Waals surface area contributed by atoms with Gasteiger partial charge in [-0.25, -0.2) is 0 Å². The molecule has 0 saturated carbocycles. The normalized spacial score (nSPS) is 14.9. The van der Waals surface area contributed by atoms with Crippen LogP contribution in [0.15, 0.2) is 54.6 Å². The number of hydrogen-bond donors (Lipinski definition) is 1. The Hall–Kier alpha value is -2.75. The summed E-state index contributed by atoms with van der Waals surface area (Å²) in [5, 5.41) is 3.10. The largest absolute Gasteiger partial charge is 0.490 e. The van der Waals surface area contributed by atoms with Crippen LogP contribution in [-0.2, 0) is 4.79 Å². The minimum Gasteiger partial charge on any atom is -0.490 e. The fraction of sp³-hybridized carbons (Fsp3) is 0.318. The summed E-state index contributed by atoms with van der Waals surface area (Å²) < 4.78 is 11.5. The average molecular weight is 351 g/mol. The summed E-state index contributed by atoms with van der Waals surface area (Å²) in [5.74, 6) is 1.65. The van der Waals surface area contributed by atoms with Crippen molar-refractivity contribution in [2.24, 2.45) is 5.92 Å². The molecule has 0 bridgehead atoms. The lowest BCUT2D eigenvalue weighted by Crippen LogP contribution is -2.30. The molecule has 26 heavy (non-hydrogen) atoms. The van der Waals surface area contributed by atoms with Crippen LogP contribution in [0, 0.1) is 5.92 Å². The molecular weight excluding hydrogens is 326 g/mol. The van der Waals surface area contributed by atoms with Crippen LogP contribution in [0.1, 0.15) is 37.4 Å². The first-order chi connectivity index (χ1) is 12.6. The molecule has 2 aromatic rings. The summed E-state index contributed by atoms with van der Waals surface area (Å²) >= 11 is 0. The highest BCUT2D eigenvalue weighted by molar-refractivity contribution is 5.92. The summed E-state index contributed by atoms with van der Waals surface area (Å²) in [5.41, 5.74) is 2.02. The number of amides is 1. The summed E-state index contributed by atoms with van der Waals surface area (Å²) in [6.45, 7) is 5.50. The molecule has 1 amide bonds. The van der Waals surface area contributed by atoms with Gasteiger partial charge in [0.05, 0.1) is 19.3 Å². The van der Waals surface area contributed by atoms with E-state index < -0.39 is 0 Å². The first kappa shape index (κ1) is 18.1. The van der Waals surface area contributed by atoms with E-state index in [0.29, 0.717) is 13.2 Å². The molecule has 1 aliphatic rings. The molecule has 0 spiro atoms. The van der Waals surface area contributed by atoms with Crippen molar-refractivity contribution in [3.05, 3.63) is 65.7 Å². The van der Waals surface area contributed by atoms with Crippen molar-refractivity contribution < 1.29 is 14.3 Å². The van der Waals surface area contributed by atoms with Crippen molar-refractivity contribution >= 4 is 12.0 Å². The maximum atomic E-state index is 12.4. The highest BCUT2D eigenvalue weighted by Crippen LogP contribution is 2.34. The van der Waals surface area contributed by atoms with Gasteiger partial charge in [0.2, 0.25) is 5.91 Å². The molecule has 4 heteroatoms.